The third-order valence-electron chi connectivity index (χ3n) is 4.69. The van der Waals surface area contributed by atoms with Crippen molar-refractivity contribution in [2.75, 3.05) is 18.8 Å². The van der Waals surface area contributed by atoms with Crippen LogP contribution in [0.25, 0.3) is 5.69 Å². The van der Waals surface area contributed by atoms with E-state index in [4.69, 9.17) is 0 Å². The summed E-state index contributed by atoms with van der Waals surface area (Å²) in [5.41, 5.74) is 3.43. The maximum absolute atomic E-state index is 12.6. The van der Waals surface area contributed by atoms with Crippen LogP contribution in [0.4, 0.5) is 0 Å². The molecule has 5 nitrogen and oxygen atoms in total. The molecule has 0 saturated carbocycles. The quantitative estimate of drug-likeness (QED) is 0.785. The lowest BCUT2D eigenvalue weighted by Crippen LogP contribution is -2.43. The van der Waals surface area contributed by atoms with Gasteiger partial charge >= 0.3 is 0 Å². The van der Waals surface area contributed by atoms with Crippen LogP contribution < -0.4 is 0 Å². The SMILES string of the molecule is Cc1ccc(C)c(-n2cnnc2SCC(=O)N2C[C@H](C)C[C@H](C)C2)c1. The summed E-state index contributed by atoms with van der Waals surface area (Å²) in [6, 6.07) is 6.32. The second-order valence-electron chi connectivity index (χ2n) is 7.31. The molecule has 134 valence electrons. The largest absolute Gasteiger partial charge is 0.341 e. The van der Waals surface area contributed by atoms with Gasteiger partial charge in [0.05, 0.1) is 11.4 Å². The molecule has 1 amide bonds. The minimum Gasteiger partial charge on any atom is -0.341 e. The molecule has 0 unspecified atom stereocenters. The van der Waals surface area contributed by atoms with E-state index in [1.165, 1.54) is 23.7 Å². The Morgan fingerprint density at radius 3 is 2.68 bits per heavy atom. The molecule has 0 bridgehead atoms. The number of benzene rings is 1. The Bertz CT molecular complexity index is 748. The van der Waals surface area contributed by atoms with Crippen LogP contribution in [0.1, 0.15) is 31.4 Å². The van der Waals surface area contributed by atoms with Gasteiger partial charge in [0.25, 0.3) is 0 Å². The molecule has 25 heavy (non-hydrogen) atoms. The number of likely N-dealkylation sites (tertiary alicyclic amines) is 1. The number of thioether (sulfide) groups is 1. The Balaban J connectivity index is 1.70. The normalized spacial score (nSPS) is 20.7. The van der Waals surface area contributed by atoms with Crippen molar-refractivity contribution in [3.63, 3.8) is 0 Å². The molecule has 1 aliphatic rings. The Labute approximate surface area is 153 Å². The second-order valence-corrected chi connectivity index (χ2v) is 8.25. The fourth-order valence-corrected chi connectivity index (χ4v) is 4.38. The van der Waals surface area contributed by atoms with Gasteiger partial charge in [-0.25, -0.2) is 0 Å². The van der Waals surface area contributed by atoms with E-state index in [9.17, 15) is 4.79 Å². The van der Waals surface area contributed by atoms with E-state index >= 15 is 0 Å². The maximum Gasteiger partial charge on any atom is 0.233 e. The fourth-order valence-electron chi connectivity index (χ4n) is 3.55. The number of hydrogen-bond donors (Lipinski definition) is 0. The average Bonchev–Trinajstić information content (AvgIpc) is 3.02. The van der Waals surface area contributed by atoms with Gasteiger partial charge in [0.1, 0.15) is 6.33 Å². The second kappa shape index (κ2) is 7.60. The van der Waals surface area contributed by atoms with Gasteiger partial charge in [-0.15, -0.1) is 10.2 Å². The van der Waals surface area contributed by atoms with E-state index in [0.29, 0.717) is 17.6 Å². The number of piperidine rings is 1. The molecule has 1 saturated heterocycles. The fraction of sp³-hybridized carbons (Fsp3) is 0.526. The molecule has 6 heteroatoms. The summed E-state index contributed by atoms with van der Waals surface area (Å²) in [6.07, 6.45) is 2.93. The molecular formula is C19H26N4OS. The summed E-state index contributed by atoms with van der Waals surface area (Å²) >= 11 is 1.47. The summed E-state index contributed by atoms with van der Waals surface area (Å²) in [6.45, 7) is 10.3. The predicted molar refractivity (Wildman–Crippen MR) is 101 cm³/mol. The molecule has 3 rings (SSSR count). The molecule has 1 fully saturated rings. The van der Waals surface area contributed by atoms with Crippen molar-refractivity contribution in [2.24, 2.45) is 11.8 Å². The Morgan fingerprint density at radius 1 is 1.24 bits per heavy atom. The van der Waals surface area contributed by atoms with Crippen molar-refractivity contribution in [1.29, 1.82) is 0 Å². The smallest absolute Gasteiger partial charge is 0.233 e. The first kappa shape index (κ1) is 18.0. The van der Waals surface area contributed by atoms with Crippen LogP contribution in [0, 0.1) is 25.7 Å². The van der Waals surface area contributed by atoms with Gasteiger partial charge in [-0.2, -0.15) is 0 Å². The Kier molecular flexibility index (Phi) is 5.47. The number of aromatic nitrogens is 3. The molecule has 2 heterocycles. The van der Waals surface area contributed by atoms with Gasteiger partial charge in [0.15, 0.2) is 5.16 Å². The van der Waals surface area contributed by atoms with E-state index in [1.807, 2.05) is 9.47 Å². The molecule has 1 aromatic heterocycles. The number of aryl methyl sites for hydroxylation is 2. The number of hydrogen-bond acceptors (Lipinski definition) is 4. The van der Waals surface area contributed by atoms with Crippen molar-refractivity contribution in [3.05, 3.63) is 35.7 Å². The highest BCUT2D eigenvalue weighted by atomic mass is 32.2. The van der Waals surface area contributed by atoms with Crippen molar-refractivity contribution in [2.45, 2.75) is 39.3 Å². The minimum atomic E-state index is 0.193. The number of carbonyl (C=O) groups excluding carboxylic acids is 1. The van der Waals surface area contributed by atoms with Crippen LogP contribution in [0.2, 0.25) is 0 Å². The standard InChI is InChI=1S/C19H26N4OS/c1-13-5-6-16(4)17(8-13)23-12-20-21-19(23)25-11-18(24)22-9-14(2)7-15(3)10-22/h5-6,8,12,14-15H,7,9-11H2,1-4H3/t14-,15+. The van der Waals surface area contributed by atoms with Gasteiger partial charge in [-0.05, 0) is 49.3 Å². The summed E-state index contributed by atoms with van der Waals surface area (Å²) in [7, 11) is 0. The predicted octanol–water partition coefficient (Wildman–Crippen LogP) is 3.48. The molecule has 0 spiro atoms. The van der Waals surface area contributed by atoms with E-state index in [0.717, 1.165) is 29.5 Å². The van der Waals surface area contributed by atoms with Crippen molar-refractivity contribution in [3.8, 4) is 5.69 Å². The first-order valence-electron chi connectivity index (χ1n) is 8.82. The van der Waals surface area contributed by atoms with E-state index in [-0.39, 0.29) is 5.91 Å². The topological polar surface area (TPSA) is 51.0 Å². The summed E-state index contributed by atoms with van der Waals surface area (Å²) in [5.74, 6) is 1.76. The van der Waals surface area contributed by atoms with Gasteiger partial charge < -0.3 is 4.90 Å². The third kappa shape index (κ3) is 4.24. The molecular weight excluding hydrogens is 332 g/mol. The molecule has 2 atom stereocenters. The highest BCUT2D eigenvalue weighted by molar-refractivity contribution is 7.99. The van der Waals surface area contributed by atoms with Crippen molar-refractivity contribution >= 4 is 17.7 Å². The lowest BCUT2D eigenvalue weighted by atomic mass is 9.92. The zero-order valence-corrected chi connectivity index (χ0v) is 16.2. The van der Waals surface area contributed by atoms with Crippen LogP contribution in [0.5, 0.6) is 0 Å². The minimum absolute atomic E-state index is 0.193. The molecule has 0 aliphatic carbocycles. The van der Waals surface area contributed by atoms with Crippen LogP contribution in [-0.2, 0) is 4.79 Å². The van der Waals surface area contributed by atoms with Crippen molar-refractivity contribution < 1.29 is 4.79 Å². The Morgan fingerprint density at radius 2 is 1.96 bits per heavy atom. The van der Waals surface area contributed by atoms with E-state index in [1.54, 1.807) is 6.33 Å². The van der Waals surface area contributed by atoms with Crippen LogP contribution in [0.3, 0.4) is 0 Å². The molecule has 2 aromatic rings. The van der Waals surface area contributed by atoms with E-state index in [2.05, 4.69) is 56.1 Å². The van der Waals surface area contributed by atoms with Crippen LogP contribution >= 0.6 is 11.8 Å². The van der Waals surface area contributed by atoms with E-state index < -0.39 is 0 Å². The zero-order chi connectivity index (χ0) is 18.0. The lowest BCUT2D eigenvalue weighted by molar-refractivity contribution is -0.130. The third-order valence-corrected chi connectivity index (χ3v) is 5.61. The first-order valence-corrected chi connectivity index (χ1v) is 9.81. The summed E-state index contributed by atoms with van der Waals surface area (Å²) < 4.78 is 1.97. The molecule has 0 N–H and O–H groups in total. The van der Waals surface area contributed by atoms with Crippen LogP contribution in [-0.4, -0.2) is 44.4 Å². The van der Waals surface area contributed by atoms with Gasteiger partial charge in [0, 0.05) is 13.1 Å². The first-order chi connectivity index (χ1) is 11.9. The number of amides is 1. The summed E-state index contributed by atoms with van der Waals surface area (Å²) in [4.78, 5) is 14.6. The lowest BCUT2D eigenvalue weighted by Gasteiger charge is -2.34. The Hall–Kier alpha value is -1.82. The van der Waals surface area contributed by atoms with Crippen molar-refractivity contribution in [1.82, 2.24) is 19.7 Å². The van der Waals surface area contributed by atoms with Gasteiger partial charge in [0.2, 0.25) is 5.91 Å². The average molecular weight is 359 g/mol. The van der Waals surface area contributed by atoms with Crippen LogP contribution in [0.15, 0.2) is 29.7 Å². The number of rotatable bonds is 4. The number of carbonyl (C=O) groups is 1. The molecule has 1 aliphatic heterocycles. The summed E-state index contributed by atoms with van der Waals surface area (Å²) in [5, 5.41) is 9.03. The molecule has 0 radical (unpaired) electrons. The molecule has 1 aromatic carbocycles. The maximum atomic E-state index is 12.6. The zero-order valence-electron chi connectivity index (χ0n) is 15.4. The number of nitrogens with zero attached hydrogens (tertiary/aromatic N) is 4. The van der Waals surface area contributed by atoms with Gasteiger partial charge in [-0.3, -0.25) is 9.36 Å². The monoisotopic (exact) mass is 358 g/mol. The van der Waals surface area contributed by atoms with Gasteiger partial charge in [-0.1, -0.05) is 37.7 Å². The highest BCUT2D eigenvalue weighted by Crippen LogP contribution is 2.25. The highest BCUT2D eigenvalue weighted by Gasteiger charge is 2.25.